The lowest BCUT2D eigenvalue weighted by Crippen LogP contribution is -2.32. The highest BCUT2D eigenvalue weighted by atomic mass is 32.2. The Morgan fingerprint density at radius 3 is 2.50 bits per heavy atom. The number of nitrogens with zero attached hydrogens (tertiary/aromatic N) is 1. The molecule has 0 bridgehead atoms. The maximum atomic E-state index is 12.1. The summed E-state index contributed by atoms with van der Waals surface area (Å²) in [5.74, 6) is -0.582. The molecule has 0 spiro atoms. The van der Waals surface area contributed by atoms with Crippen molar-refractivity contribution < 1.29 is 18.1 Å². The SMILES string of the molecule is Cc1cc([N+](=O)[O-])ccc1S(=O)(=O)NC(=O)[C@H]1C[C@@H]1C. The Morgan fingerprint density at radius 2 is 2.05 bits per heavy atom. The van der Waals surface area contributed by atoms with Gasteiger partial charge in [-0.25, -0.2) is 13.1 Å². The molecule has 2 rings (SSSR count). The number of non-ortho nitro benzene ring substituents is 1. The van der Waals surface area contributed by atoms with Crippen molar-refractivity contribution in [3.05, 3.63) is 33.9 Å². The fourth-order valence-electron chi connectivity index (χ4n) is 2.00. The number of nitrogens with one attached hydrogen (secondary N) is 1. The number of amides is 1. The molecule has 0 aromatic heterocycles. The van der Waals surface area contributed by atoms with E-state index in [0.29, 0.717) is 6.42 Å². The van der Waals surface area contributed by atoms with Crippen LogP contribution >= 0.6 is 0 Å². The van der Waals surface area contributed by atoms with Gasteiger partial charge in [0, 0.05) is 18.1 Å². The van der Waals surface area contributed by atoms with E-state index >= 15 is 0 Å². The van der Waals surface area contributed by atoms with Crippen LogP contribution in [0.15, 0.2) is 23.1 Å². The summed E-state index contributed by atoms with van der Waals surface area (Å²) in [5, 5.41) is 10.6. The van der Waals surface area contributed by atoms with Crippen molar-refractivity contribution in [2.45, 2.75) is 25.2 Å². The fraction of sp³-hybridized carbons (Fsp3) is 0.417. The normalized spacial score (nSPS) is 21.3. The summed E-state index contributed by atoms with van der Waals surface area (Å²) >= 11 is 0. The molecular weight excluding hydrogens is 284 g/mol. The molecule has 8 heteroatoms. The molecule has 108 valence electrons. The minimum absolute atomic E-state index is 0.121. The molecule has 0 saturated heterocycles. The average molecular weight is 298 g/mol. The number of benzene rings is 1. The van der Waals surface area contributed by atoms with Gasteiger partial charge in [-0.15, -0.1) is 0 Å². The number of carbonyl (C=O) groups excluding carboxylic acids is 1. The number of rotatable bonds is 4. The Balaban J connectivity index is 2.25. The number of carbonyl (C=O) groups is 1. The molecule has 0 radical (unpaired) electrons. The maximum absolute atomic E-state index is 12.1. The van der Waals surface area contributed by atoms with E-state index in [2.05, 4.69) is 0 Å². The molecule has 2 atom stereocenters. The molecule has 1 aromatic rings. The summed E-state index contributed by atoms with van der Waals surface area (Å²) in [4.78, 5) is 21.6. The Hall–Kier alpha value is -1.96. The van der Waals surface area contributed by atoms with Crippen molar-refractivity contribution in [1.82, 2.24) is 4.72 Å². The van der Waals surface area contributed by atoms with Crippen LogP contribution in [0.4, 0.5) is 5.69 Å². The maximum Gasteiger partial charge on any atom is 0.269 e. The Bertz CT molecular complexity index is 683. The molecule has 1 aliphatic carbocycles. The highest BCUT2D eigenvalue weighted by molar-refractivity contribution is 7.90. The van der Waals surface area contributed by atoms with Crippen LogP contribution < -0.4 is 4.72 Å². The smallest absolute Gasteiger partial charge is 0.269 e. The lowest BCUT2D eigenvalue weighted by atomic mass is 10.2. The summed E-state index contributed by atoms with van der Waals surface area (Å²) in [6.07, 6.45) is 0.681. The molecule has 7 nitrogen and oxygen atoms in total. The Morgan fingerprint density at radius 1 is 1.45 bits per heavy atom. The van der Waals surface area contributed by atoms with Crippen molar-refractivity contribution in [3.63, 3.8) is 0 Å². The fourth-order valence-corrected chi connectivity index (χ4v) is 3.26. The van der Waals surface area contributed by atoms with Crippen LogP contribution in [0.5, 0.6) is 0 Å². The molecule has 1 aromatic carbocycles. The van der Waals surface area contributed by atoms with Gasteiger partial charge in [0.15, 0.2) is 0 Å². The molecular formula is C12H14N2O5S. The summed E-state index contributed by atoms with van der Waals surface area (Å²) < 4.78 is 26.2. The number of aryl methyl sites for hydroxylation is 1. The van der Waals surface area contributed by atoms with Crippen molar-refractivity contribution >= 4 is 21.6 Å². The zero-order valence-electron chi connectivity index (χ0n) is 11.0. The first-order chi connectivity index (χ1) is 9.22. The van der Waals surface area contributed by atoms with E-state index in [0.717, 1.165) is 12.1 Å². The van der Waals surface area contributed by atoms with E-state index in [1.165, 1.54) is 13.0 Å². The predicted molar refractivity (Wildman–Crippen MR) is 70.4 cm³/mol. The lowest BCUT2D eigenvalue weighted by Gasteiger charge is -2.08. The second kappa shape index (κ2) is 4.86. The quantitative estimate of drug-likeness (QED) is 0.667. The van der Waals surface area contributed by atoms with Gasteiger partial charge in [0.1, 0.15) is 0 Å². The van der Waals surface area contributed by atoms with Gasteiger partial charge in [0.25, 0.3) is 15.7 Å². The molecule has 1 aliphatic rings. The van der Waals surface area contributed by atoms with E-state index in [1.54, 1.807) is 0 Å². The van der Waals surface area contributed by atoms with E-state index < -0.39 is 20.9 Å². The van der Waals surface area contributed by atoms with Gasteiger partial charge in [-0.05, 0) is 30.9 Å². The van der Waals surface area contributed by atoms with Crippen LogP contribution in [0.2, 0.25) is 0 Å². The summed E-state index contributed by atoms with van der Waals surface area (Å²) in [7, 11) is -3.98. The van der Waals surface area contributed by atoms with E-state index in [9.17, 15) is 23.3 Å². The first-order valence-corrected chi connectivity index (χ1v) is 7.52. The van der Waals surface area contributed by atoms with Crippen molar-refractivity contribution in [3.8, 4) is 0 Å². The van der Waals surface area contributed by atoms with Gasteiger partial charge < -0.3 is 0 Å². The molecule has 1 amide bonds. The predicted octanol–water partition coefficient (Wildman–Crippen LogP) is 1.36. The van der Waals surface area contributed by atoms with E-state index in [1.807, 2.05) is 11.6 Å². The minimum Gasteiger partial charge on any atom is -0.274 e. The number of nitro benzene ring substituents is 1. The van der Waals surface area contributed by atoms with Crippen LogP contribution in [0, 0.1) is 28.9 Å². The van der Waals surface area contributed by atoms with E-state index in [-0.39, 0.29) is 28.0 Å². The van der Waals surface area contributed by atoms with Gasteiger partial charge in [0.2, 0.25) is 5.91 Å². The summed E-state index contributed by atoms with van der Waals surface area (Å²) in [6.45, 7) is 3.32. The van der Waals surface area contributed by atoms with Gasteiger partial charge in [-0.1, -0.05) is 6.92 Å². The van der Waals surface area contributed by atoms with Gasteiger partial charge >= 0.3 is 0 Å². The standard InChI is InChI=1S/C12H14N2O5S/c1-7-6-10(7)12(15)13-20(18,19)11-4-3-9(14(16)17)5-8(11)2/h3-5,7,10H,6H2,1-2H3,(H,13,15)/t7-,10-/m0/s1. The number of hydrogen-bond acceptors (Lipinski definition) is 5. The Labute approximate surface area is 116 Å². The zero-order chi connectivity index (χ0) is 15.1. The first kappa shape index (κ1) is 14.4. The molecule has 0 aliphatic heterocycles. The molecule has 1 fully saturated rings. The van der Waals surface area contributed by atoms with Crippen LogP contribution in [-0.2, 0) is 14.8 Å². The monoisotopic (exact) mass is 298 g/mol. The summed E-state index contributed by atoms with van der Waals surface area (Å²) in [6, 6.07) is 3.41. The van der Waals surface area contributed by atoms with Crippen molar-refractivity contribution in [1.29, 1.82) is 0 Å². The highest BCUT2D eigenvalue weighted by Gasteiger charge is 2.40. The number of hydrogen-bond donors (Lipinski definition) is 1. The van der Waals surface area contributed by atoms with Crippen LogP contribution in [0.25, 0.3) is 0 Å². The highest BCUT2D eigenvalue weighted by Crippen LogP contribution is 2.38. The average Bonchev–Trinajstić information content (AvgIpc) is 3.05. The topological polar surface area (TPSA) is 106 Å². The van der Waals surface area contributed by atoms with Gasteiger partial charge in [-0.2, -0.15) is 0 Å². The molecule has 20 heavy (non-hydrogen) atoms. The Kier molecular flexibility index (Phi) is 3.51. The molecule has 0 unspecified atom stereocenters. The third kappa shape index (κ3) is 2.79. The summed E-state index contributed by atoms with van der Waals surface area (Å²) in [5.41, 5.74) is 0.0342. The van der Waals surface area contributed by atoms with Crippen LogP contribution in [0.1, 0.15) is 18.9 Å². The van der Waals surface area contributed by atoms with Gasteiger partial charge in [-0.3, -0.25) is 14.9 Å². The van der Waals surface area contributed by atoms with Crippen LogP contribution in [-0.4, -0.2) is 19.2 Å². The van der Waals surface area contributed by atoms with Crippen molar-refractivity contribution in [2.24, 2.45) is 11.8 Å². The number of nitro groups is 1. The zero-order valence-corrected chi connectivity index (χ0v) is 11.8. The molecule has 1 saturated carbocycles. The van der Waals surface area contributed by atoms with Crippen molar-refractivity contribution in [2.75, 3.05) is 0 Å². The third-order valence-corrected chi connectivity index (χ3v) is 4.85. The largest absolute Gasteiger partial charge is 0.274 e. The third-order valence-electron chi connectivity index (χ3n) is 3.34. The van der Waals surface area contributed by atoms with Gasteiger partial charge in [0.05, 0.1) is 9.82 Å². The lowest BCUT2D eigenvalue weighted by molar-refractivity contribution is -0.385. The second-order valence-corrected chi connectivity index (χ2v) is 6.65. The van der Waals surface area contributed by atoms with Crippen LogP contribution in [0.3, 0.4) is 0 Å². The molecule has 1 N–H and O–H groups in total. The molecule has 0 heterocycles. The van der Waals surface area contributed by atoms with E-state index in [4.69, 9.17) is 0 Å². The first-order valence-electron chi connectivity index (χ1n) is 6.04. The minimum atomic E-state index is -3.98. The second-order valence-electron chi connectivity index (χ2n) is 5.00. The number of sulfonamides is 1.